The van der Waals surface area contributed by atoms with Crippen LogP contribution in [0.5, 0.6) is 0 Å². The molecule has 0 radical (unpaired) electrons. The lowest BCUT2D eigenvalue weighted by atomic mass is 9.84. The van der Waals surface area contributed by atoms with E-state index in [-0.39, 0.29) is 22.3 Å². The largest absolute Gasteiger partial charge is 0.312 e. The summed E-state index contributed by atoms with van der Waals surface area (Å²) in [5, 5.41) is 4.72. The Kier molecular flexibility index (Phi) is 5.33. The lowest BCUT2D eigenvalue weighted by Crippen LogP contribution is -2.49. The number of benzene rings is 1. The molecular formula is C25H30N4O3S. The minimum atomic E-state index is -3.74. The highest BCUT2D eigenvalue weighted by atomic mass is 32.2. The molecule has 1 fully saturated rings. The summed E-state index contributed by atoms with van der Waals surface area (Å²) in [4.78, 5) is 12.6. The fourth-order valence-electron chi connectivity index (χ4n) is 5.15. The van der Waals surface area contributed by atoms with E-state index in [9.17, 15) is 13.2 Å². The maximum atomic E-state index is 13.9. The molecule has 1 saturated heterocycles. The molecular weight excluding hydrogens is 436 g/mol. The lowest BCUT2D eigenvalue weighted by molar-refractivity contribution is 0.186. The second kappa shape index (κ2) is 7.95. The molecule has 0 saturated carbocycles. The normalized spacial score (nSPS) is 21.1. The van der Waals surface area contributed by atoms with Crippen molar-refractivity contribution in [2.75, 3.05) is 13.1 Å². The van der Waals surface area contributed by atoms with Crippen LogP contribution in [-0.4, -0.2) is 40.2 Å². The van der Waals surface area contributed by atoms with Crippen LogP contribution >= 0.6 is 0 Å². The van der Waals surface area contributed by atoms with Crippen molar-refractivity contribution in [2.24, 2.45) is 5.92 Å². The fourth-order valence-corrected chi connectivity index (χ4v) is 7.06. The van der Waals surface area contributed by atoms with Crippen LogP contribution in [0.25, 0.3) is 0 Å². The highest BCUT2D eigenvalue weighted by molar-refractivity contribution is 7.89. The van der Waals surface area contributed by atoms with Gasteiger partial charge in [-0.25, -0.2) is 8.42 Å². The van der Waals surface area contributed by atoms with Crippen molar-refractivity contribution in [3.8, 4) is 0 Å². The molecule has 0 spiro atoms. The van der Waals surface area contributed by atoms with Crippen LogP contribution in [0.1, 0.15) is 50.1 Å². The predicted molar refractivity (Wildman–Crippen MR) is 127 cm³/mol. The third-order valence-electron chi connectivity index (χ3n) is 6.69. The van der Waals surface area contributed by atoms with Crippen LogP contribution in [0.2, 0.25) is 0 Å². The Labute approximate surface area is 194 Å². The number of hydrogen-bond donors (Lipinski definition) is 0. The first-order valence-corrected chi connectivity index (χ1v) is 12.9. The van der Waals surface area contributed by atoms with Crippen LogP contribution in [0.3, 0.4) is 0 Å². The molecule has 2 aliphatic heterocycles. The standard InChI is InChI=1S/C25H30N4O3S/c1-25(2,3)24-22(17-27(26-24)13-18-8-5-4-6-9-18)33(31,32)28-14-19-12-20(16-28)21-10-7-11-23(30)29(21)15-19/h4-11,17,19-20H,12-16H2,1-3H3. The first-order chi connectivity index (χ1) is 15.6. The number of piperidine rings is 1. The molecule has 1 aromatic carbocycles. The first kappa shape index (κ1) is 22.1. The molecule has 8 heteroatoms. The Hall–Kier alpha value is -2.71. The van der Waals surface area contributed by atoms with Gasteiger partial charge >= 0.3 is 0 Å². The lowest BCUT2D eigenvalue weighted by Gasteiger charge is -2.42. The van der Waals surface area contributed by atoms with Crippen molar-refractivity contribution in [1.82, 2.24) is 18.7 Å². The number of aromatic nitrogens is 3. The first-order valence-electron chi connectivity index (χ1n) is 11.4. The average Bonchev–Trinajstić information content (AvgIpc) is 3.20. The monoisotopic (exact) mass is 466 g/mol. The quantitative estimate of drug-likeness (QED) is 0.592. The minimum Gasteiger partial charge on any atom is -0.312 e. The maximum Gasteiger partial charge on any atom is 0.250 e. The molecule has 3 aromatic rings. The van der Waals surface area contributed by atoms with Crippen LogP contribution in [0.15, 0.2) is 64.4 Å². The molecule has 2 aromatic heterocycles. The van der Waals surface area contributed by atoms with E-state index in [2.05, 4.69) is 0 Å². The zero-order valence-electron chi connectivity index (χ0n) is 19.3. The summed E-state index contributed by atoms with van der Waals surface area (Å²) in [6.07, 6.45) is 2.60. The Balaban J connectivity index is 1.50. The Morgan fingerprint density at radius 3 is 2.48 bits per heavy atom. The second-order valence-electron chi connectivity index (χ2n) is 10.3. The summed E-state index contributed by atoms with van der Waals surface area (Å²) in [6, 6.07) is 15.2. The van der Waals surface area contributed by atoms with Gasteiger partial charge in [-0.2, -0.15) is 9.40 Å². The van der Waals surface area contributed by atoms with Crippen molar-refractivity contribution >= 4 is 10.0 Å². The van der Waals surface area contributed by atoms with Gasteiger partial charge < -0.3 is 4.57 Å². The molecule has 5 rings (SSSR count). The average molecular weight is 467 g/mol. The summed E-state index contributed by atoms with van der Waals surface area (Å²) < 4.78 is 33.0. The Bertz CT molecular complexity index is 1340. The van der Waals surface area contributed by atoms with Gasteiger partial charge in [0.25, 0.3) is 5.56 Å². The molecule has 33 heavy (non-hydrogen) atoms. The van der Waals surface area contributed by atoms with Crippen LogP contribution in [0, 0.1) is 5.92 Å². The fraction of sp³-hybridized carbons (Fsp3) is 0.440. The Morgan fingerprint density at radius 1 is 1.00 bits per heavy atom. The molecule has 0 N–H and O–H groups in total. The van der Waals surface area contributed by atoms with E-state index in [4.69, 9.17) is 5.10 Å². The number of rotatable bonds is 4. The van der Waals surface area contributed by atoms with Crippen molar-refractivity contribution in [3.63, 3.8) is 0 Å². The Morgan fingerprint density at radius 2 is 1.76 bits per heavy atom. The topological polar surface area (TPSA) is 77.2 Å². The van der Waals surface area contributed by atoms with Gasteiger partial charge in [-0.15, -0.1) is 0 Å². The van der Waals surface area contributed by atoms with E-state index in [1.165, 1.54) is 0 Å². The zero-order valence-corrected chi connectivity index (χ0v) is 20.1. The minimum absolute atomic E-state index is 0.00397. The van der Waals surface area contributed by atoms with Gasteiger partial charge in [-0.1, -0.05) is 57.2 Å². The molecule has 2 unspecified atom stereocenters. The van der Waals surface area contributed by atoms with Gasteiger partial charge in [0.1, 0.15) is 4.90 Å². The van der Waals surface area contributed by atoms with E-state index in [0.29, 0.717) is 31.9 Å². The highest BCUT2D eigenvalue weighted by Gasteiger charge is 2.41. The number of hydrogen-bond acceptors (Lipinski definition) is 4. The van der Waals surface area contributed by atoms with Gasteiger partial charge in [0.05, 0.1) is 12.2 Å². The van der Waals surface area contributed by atoms with Crippen molar-refractivity contribution in [2.45, 2.75) is 56.5 Å². The van der Waals surface area contributed by atoms with Crippen molar-refractivity contribution < 1.29 is 8.42 Å². The third-order valence-corrected chi connectivity index (χ3v) is 8.52. The molecule has 2 aliphatic rings. The molecule has 7 nitrogen and oxygen atoms in total. The summed E-state index contributed by atoms with van der Waals surface area (Å²) in [5.74, 6) is 0.155. The number of pyridine rings is 1. The second-order valence-corrected chi connectivity index (χ2v) is 12.2. The summed E-state index contributed by atoms with van der Waals surface area (Å²) in [7, 11) is -3.74. The number of sulfonamides is 1. The van der Waals surface area contributed by atoms with Gasteiger partial charge in [-0.3, -0.25) is 9.48 Å². The van der Waals surface area contributed by atoms with E-state index < -0.39 is 15.4 Å². The van der Waals surface area contributed by atoms with E-state index >= 15 is 0 Å². The number of fused-ring (bicyclic) bond motifs is 4. The zero-order chi connectivity index (χ0) is 23.4. The third kappa shape index (κ3) is 4.06. The molecule has 2 bridgehead atoms. The van der Waals surface area contributed by atoms with Crippen molar-refractivity contribution in [3.05, 3.63) is 82.0 Å². The van der Waals surface area contributed by atoms with Gasteiger partial charge in [0.15, 0.2) is 0 Å². The van der Waals surface area contributed by atoms with Gasteiger partial charge in [-0.05, 0) is 24.0 Å². The molecule has 0 amide bonds. The smallest absolute Gasteiger partial charge is 0.250 e. The summed E-state index contributed by atoms with van der Waals surface area (Å²) in [6.45, 7) is 7.87. The van der Waals surface area contributed by atoms with Crippen LogP contribution in [-0.2, 0) is 28.5 Å². The van der Waals surface area contributed by atoms with Gasteiger partial charge in [0.2, 0.25) is 10.0 Å². The van der Waals surface area contributed by atoms with Crippen LogP contribution in [0.4, 0.5) is 0 Å². The predicted octanol–water partition coefficient (Wildman–Crippen LogP) is 3.20. The SMILES string of the molecule is CC(C)(C)c1nn(Cc2ccccc2)cc1S(=O)(=O)N1CC2CC(C1)c1cccc(=O)n1C2. The summed E-state index contributed by atoms with van der Waals surface area (Å²) in [5.41, 5.74) is 2.17. The van der Waals surface area contributed by atoms with Gasteiger partial charge in [0, 0.05) is 48.9 Å². The van der Waals surface area contributed by atoms with E-state index in [0.717, 1.165) is 17.7 Å². The van der Waals surface area contributed by atoms with Crippen molar-refractivity contribution in [1.29, 1.82) is 0 Å². The molecule has 174 valence electrons. The number of nitrogens with zero attached hydrogens (tertiary/aromatic N) is 4. The van der Waals surface area contributed by atoms with Crippen LogP contribution < -0.4 is 5.56 Å². The molecule has 2 atom stereocenters. The van der Waals surface area contributed by atoms with E-state index in [1.807, 2.05) is 61.7 Å². The van der Waals surface area contributed by atoms with E-state index in [1.54, 1.807) is 27.3 Å². The highest BCUT2D eigenvalue weighted by Crippen LogP contribution is 2.38. The molecule has 4 heterocycles. The molecule has 0 aliphatic carbocycles. The summed E-state index contributed by atoms with van der Waals surface area (Å²) >= 11 is 0. The maximum absolute atomic E-state index is 13.9.